The molecular weight excluding hydrogens is 179 g/mol. The van der Waals surface area contributed by atoms with Crippen LogP contribution in [0.4, 0.5) is 0 Å². The number of hydrogen-bond donors (Lipinski definition) is 0. The molecule has 4 heteroatoms. The standard InChI is InChI=1S/C7H14ClN2P/c1-3-9-6-5-7-10(4-2)11(9)8/h5-6H,3-4,7H2,1-2H3. The number of halogens is 1. The minimum absolute atomic E-state index is 0.567. The Kier molecular flexibility index (Phi) is 3.64. The molecule has 0 aromatic heterocycles. The third kappa shape index (κ3) is 2.08. The van der Waals surface area contributed by atoms with Crippen molar-refractivity contribution in [3.8, 4) is 0 Å². The van der Waals surface area contributed by atoms with E-state index in [1.54, 1.807) is 0 Å². The number of nitrogens with zero attached hydrogens (tertiary/aromatic N) is 2. The van der Waals surface area contributed by atoms with Crippen LogP contribution in [0.25, 0.3) is 0 Å². The van der Waals surface area contributed by atoms with E-state index in [0.717, 1.165) is 19.6 Å². The van der Waals surface area contributed by atoms with Gasteiger partial charge in [-0.3, -0.25) is 0 Å². The Morgan fingerprint density at radius 3 is 2.73 bits per heavy atom. The summed E-state index contributed by atoms with van der Waals surface area (Å²) in [4.78, 5) is 0. The molecule has 1 aliphatic rings. The van der Waals surface area contributed by atoms with E-state index in [1.807, 2.05) is 0 Å². The van der Waals surface area contributed by atoms with E-state index in [-0.39, 0.29) is 0 Å². The highest BCUT2D eigenvalue weighted by Gasteiger charge is 2.21. The van der Waals surface area contributed by atoms with Crippen LogP contribution < -0.4 is 0 Å². The first-order valence-electron chi connectivity index (χ1n) is 3.93. The fraction of sp³-hybridized carbons (Fsp3) is 0.714. The molecule has 0 bridgehead atoms. The summed E-state index contributed by atoms with van der Waals surface area (Å²) in [6.45, 7) is 7.31. The minimum atomic E-state index is -0.567. The lowest BCUT2D eigenvalue weighted by molar-refractivity contribution is 0.471. The predicted octanol–water partition coefficient (Wildman–Crippen LogP) is 2.62. The zero-order valence-corrected chi connectivity index (χ0v) is 8.65. The molecule has 0 amide bonds. The summed E-state index contributed by atoms with van der Waals surface area (Å²) >= 11 is 6.21. The molecular formula is C7H14ClN2P. The molecule has 1 rings (SSSR count). The average molecular weight is 193 g/mol. The highest BCUT2D eigenvalue weighted by molar-refractivity contribution is 7.80. The molecule has 1 unspecified atom stereocenters. The fourth-order valence-electron chi connectivity index (χ4n) is 1.04. The van der Waals surface area contributed by atoms with Gasteiger partial charge in [0.1, 0.15) is 0 Å². The van der Waals surface area contributed by atoms with Crippen molar-refractivity contribution in [3.63, 3.8) is 0 Å². The Morgan fingerprint density at radius 1 is 1.45 bits per heavy atom. The molecule has 0 aliphatic carbocycles. The zero-order valence-electron chi connectivity index (χ0n) is 7.00. The Morgan fingerprint density at radius 2 is 2.18 bits per heavy atom. The van der Waals surface area contributed by atoms with Gasteiger partial charge >= 0.3 is 0 Å². The van der Waals surface area contributed by atoms with E-state index in [9.17, 15) is 0 Å². The molecule has 0 N–H and O–H groups in total. The van der Waals surface area contributed by atoms with Crippen molar-refractivity contribution in [3.05, 3.63) is 12.3 Å². The molecule has 0 aromatic carbocycles. The second kappa shape index (κ2) is 4.30. The largest absolute Gasteiger partial charge is 0.333 e. The molecule has 0 aromatic rings. The van der Waals surface area contributed by atoms with Crippen molar-refractivity contribution in [1.82, 2.24) is 9.34 Å². The smallest absolute Gasteiger partial charge is 0.168 e. The highest BCUT2D eigenvalue weighted by atomic mass is 35.7. The molecule has 0 saturated heterocycles. The van der Waals surface area contributed by atoms with Crippen molar-refractivity contribution in [1.29, 1.82) is 0 Å². The van der Waals surface area contributed by atoms with Gasteiger partial charge in [0.2, 0.25) is 0 Å². The minimum Gasteiger partial charge on any atom is -0.333 e. The lowest BCUT2D eigenvalue weighted by atomic mass is 10.5. The summed E-state index contributed by atoms with van der Waals surface area (Å²) in [6.07, 6.45) is 4.26. The average Bonchev–Trinajstić information content (AvgIpc) is 2.05. The predicted molar refractivity (Wildman–Crippen MR) is 51.5 cm³/mol. The fourth-order valence-corrected chi connectivity index (χ4v) is 3.25. The van der Waals surface area contributed by atoms with Crippen molar-refractivity contribution in [2.24, 2.45) is 0 Å². The summed E-state index contributed by atoms with van der Waals surface area (Å²) in [5.41, 5.74) is 0. The summed E-state index contributed by atoms with van der Waals surface area (Å²) in [5.74, 6) is 0. The summed E-state index contributed by atoms with van der Waals surface area (Å²) in [6, 6.07) is 0. The van der Waals surface area contributed by atoms with Crippen molar-refractivity contribution in [2.45, 2.75) is 13.8 Å². The van der Waals surface area contributed by atoms with Gasteiger partial charge in [0.05, 0.1) is 0 Å². The molecule has 64 valence electrons. The van der Waals surface area contributed by atoms with Gasteiger partial charge in [0.15, 0.2) is 7.58 Å². The van der Waals surface area contributed by atoms with E-state index in [4.69, 9.17) is 11.2 Å². The SMILES string of the molecule is CCN1C=CCN(CC)P1Cl. The first kappa shape index (κ1) is 9.31. The Hall–Kier alpha value is 0.220. The van der Waals surface area contributed by atoms with Gasteiger partial charge in [0.25, 0.3) is 0 Å². The first-order valence-corrected chi connectivity index (χ1v) is 6.08. The van der Waals surface area contributed by atoms with Crippen molar-refractivity contribution in [2.75, 3.05) is 19.6 Å². The van der Waals surface area contributed by atoms with Crippen molar-refractivity contribution >= 4 is 18.8 Å². The van der Waals surface area contributed by atoms with Crippen molar-refractivity contribution < 1.29 is 0 Å². The third-order valence-corrected chi connectivity index (χ3v) is 4.71. The van der Waals surface area contributed by atoms with E-state index < -0.39 is 7.58 Å². The molecule has 0 spiro atoms. The lowest BCUT2D eigenvalue weighted by Crippen LogP contribution is -2.27. The number of likely N-dealkylation sites (N-methyl/N-ethyl adjacent to an activating group) is 1. The van der Waals surface area contributed by atoms with E-state index >= 15 is 0 Å². The van der Waals surface area contributed by atoms with Gasteiger partial charge in [-0.05, 0) is 6.92 Å². The Bertz CT molecular complexity index is 151. The van der Waals surface area contributed by atoms with Crippen LogP contribution in [0.5, 0.6) is 0 Å². The topological polar surface area (TPSA) is 6.48 Å². The quantitative estimate of drug-likeness (QED) is 0.621. The van der Waals surface area contributed by atoms with E-state index in [2.05, 4.69) is 35.5 Å². The van der Waals surface area contributed by atoms with Gasteiger partial charge in [-0.1, -0.05) is 24.2 Å². The van der Waals surface area contributed by atoms with Crippen LogP contribution in [0.15, 0.2) is 12.3 Å². The summed E-state index contributed by atoms with van der Waals surface area (Å²) < 4.78 is 4.46. The van der Waals surface area contributed by atoms with Crippen LogP contribution in [0.3, 0.4) is 0 Å². The van der Waals surface area contributed by atoms with Crippen LogP contribution in [-0.4, -0.2) is 29.0 Å². The first-order chi connectivity index (χ1) is 5.29. The van der Waals surface area contributed by atoms with Gasteiger partial charge in [-0.2, -0.15) is 0 Å². The van der Waals surface area contributed by atoms with Crippen LogP contribution in [-0.2, 0) is 0 Å². The summed E-state index contributed by atoms with van der Waals surface area (Å²) in [5, 5.41) is 0. The maximum atomic E-state index is 6.21. The van der Waals surface area contributed by atoms with Crippen LogP contribution in [0.2, 0.25) is 0 Å². The Balaban J connectivity index is 2.57. The maximum absolute atomic E-state index is 6.21. The molecule has 2 nitrogen and oxygen atoms in total. The normalized spacial score (nSPS) is 26.1. The molecule has 11 heavy (non-hydrogen) atoms. The van der Waals surface area contributed by atoms with Gasteiger partial charge in [-0.15, -0.1) is 0 Å². The summed E-state index contributed by atoms with van der Waals surface area (Å²) in [7, 11) is -0.567. The van der Waals surface area contributed by atoms with Gasteiger partial charge in [0, 0.05) is 25.8 Å². The number of hydrogen-bond acceptors (Lipinski definition) is 2. The maximum Gasteiger partial charge on any atom is 0.168 e. The molecule has 1 aliphatic heterocycles. The van der Waals surface area contributed by atoms with Gasteiger partial charge in [-0.25, -0.2) is 4.67 Å². The molecule has 1 heterocycles. The van der Waals surface area contributed by atoms with E-state index in [0.29, 0.717) is 0 Å². The van der Waals surface area contributed by atoms with Crippen LogP contribution in [0, 0.1) is 0 Å². The van der Waals surface area contributed by atoms with Crippen LogP contribution >= 0.6 is 18.8 Å². The zero-order chi connectivity index (χ0) is 8.27. The third-order valence-electron chi connectivity index (χ3n) is 1.73. The second-order valence-corrected chi connectivity index (χ2v) is 4.85. The monoisotopic (exact) mass is 192 g/mol. The van der Waals surface area contributed by atoms with Gasteiger partial charge < -0.3 is 4.67 Å². The lowest BCUT2D eigenvalue weighted by Gasteiger charge is -2.35. The second-order valence-electron chi connectivity index (χ2n) is 2.39. The Labute approximate surface area is 74.5 Å². The van der Waals surface area contributed by atoms with Crippen LogP contribution in [0.1, 0.15) is 13.8 Å². The highest BCUT2D eigenvalue weighted by Crippen LogP contribution is 2.50. The molecule has 0 radical (unpaired) electrons. The molecule has 0 fully saturated rings. The molecule has 1 atom stereocenters. The van der Waals surface area contributed by atoms with E-state index in [1.165, 1.54) is 0 Å². The number of rotatable bonds is 2. The molecule has 0 saturated carbocycles.